The van der Waals surface area contributed by atoms with Crippen molar-refractivity contribution in [1.82, 2.24) is 14.8 Å². The van der Waals surface area contributed by atoms with Crippen LogP contribution in [-0.4, -0.2) is 42.8 Å². The molecule has 0 saturated carbocycles. The first-order valence-corrected chi connectivity index (χ1v) is 9.20. The Morgan fingerprint density at radius 3 is 2.67 bits per heavy atom. The summed E-state index contributed by atoms with van der Waals surface area (Å²) in [6.07, 6.45) is 2.34. The molecule has 0 fully saturated rings. The standard InChI is InChI=1S/C20H31N3O/c1-5-24-10-9-23-13-16-11-19-18(7-6-8-21-3)15(2)22(4)20(19)12-17(16)14-23/h11-12,21H,5-10,13-14H2,1-4H3. The van der Waals surface area contributed by atoms with E-state index in [9.17, 15) is 0 Å². The Labute approximate surface area is 145 Å². The Balaban J connectivity index is 1.84. The highest BCUT2D eigenvalue weighted by Crippen LogP contribution is 2.32. The summed E-state index contributed by atoms with van der Waals surface area (Å²) >= 11 is 0. The second-order valence-corrected chi connectivity index (χ2v) is 6.88. The Bertz CT molecular complexity index is 705. The van der Waals surface area contributed by atoms with Crippen LogP contribution in [0.15, 0.2) is 12.1 Å². The predicted octanol–water partition coefficient (Wildman–Crippen LogP) is 2.99. The highest BCUT2D eigenvalue weighted by Gasteiger charge is 2.22. The van der Waals surface area contributed by atoms with Gasteiger partial charge in [-0.1, -0.05) is 0 Å². The van der Waals surface area contributed by atoms with E-state index in [0.29, 0.717) is 0 Å². The molecule has 0 radical (unpaired) electrons. The number of ether oxygens (including phenoxy) is 1. The number of nitrogens with zero attached hydrogens (tertiary/aromatic N) is 2. The molecule has 0 saturated heterocycles. The third kappa shape index (κ3) is 3.37. The molecular formula is C20H31N3O. The number of fused-ring (bicyclic) bond motifs is 2. The highest BCUT2D eigenvalue weighted by atomic mass is 16.5. The molecule has 132 valence electrons. The summed E-state index contributed by atoms with van der Waals surface area (Å²) in [5.41, 5.74) is 7.31. The maximum absolute atomic E-state index is 5.51. The van der Waals surface area contributed by atoms with Gasteiger partial charge in [0, 0.05) is 49.9 Å². The van der Waals surface area contributed by atoms with Gasteiger partial charge in [-0.2, -0.15) is 0 Å². The molecule has 1 N–H and O–H groups in total. The van der Waals surface area contributed by atoms with Crippen LogP contribution in [-0.2, 0) is 31.3 Å². The van der Waals surface area contributed by atoms with Crippen molar-refractivity contribution in [3.63, 3.8) is 0 Å². The smallest absolute Gasteiger partial charge is 0.0593 e. The van der Waals surface area contributed by atoms with Gasteiger partial charge in [-0.25, -0.2) is 0 Å². The molecule has 0 unspecified atom stereocenters. The number of aromatic nitrogens is 1. The first kappa shape index (κ1) is 17.5. The summed E-state index contributed by atoms with van der Waals surface area (Å²) in [5, 5.41) is 4.71. The highest BCUT2D eigenvalue weighted by molar-refractivity contribution is 5.87. The predicted molar refractivity (Wildman–Crippen MR) is 101 cm³/mol. The van der Waals surface area contributed by atoms with Crippen molar-refractivity contribution in [3.05, 3.63) is 34.5 Å². The number of benzene rings is 1. The summed E-state index contributed by atoms with van der Waals surface area (Å²) in [7, 11) is 4.23. The maximum Gasteiger partial charge on any atom is 0.0593 e. The topological polar surface area (TPSA) is 29.4 Å². The summed E-state index contributed by atoms with van der Waals surface area (Å²) < 4.78 is 7.88. The SMILES string of the molecule is CCOCCN1Cc2cc3c(CCCNC)c(C)n(C)c3cc2C1. The fourth-order valence-corrected chi connectivity index (χ4v) is 3.86. The van der Waals surface area contributed by atoms with Gasteiger partial charge in [0.15, 0.2) is 0 Å². The molecule has 24 heavy (non-hydrogen) atoms. The van der Waals surface area contributed by atoms with E-state index < -0.39 is 0 Å². The van der Waals surface area contributed by atoms with Gasteiger partial charge in [0.1, 0.15) is 0 Å². The van der Waals surface area contributed by atoms with Crippen molar-refractivity contribution in [3.8, 4) is 0 Å². The van der Waals surface area contributed by atoms with Crippen LogP contribution in [0.2, 0.25) is 0 Å². The van der Waals surface area contributed by atoms with Gasteiger partial charge >= 0.3 is 0 Å². The zero-order valence-corrected chi connectivity index (χ0v) is 15.6. The lowest BCUT2D eigenvalue weighted by Crippen LogP contribution is -2.21. The van der Waals surface area contributed by atoms with Crippen molar-refractivity contribution in [2.45, 2.75) is 39.8 Å². The van der Waals surface area contributed by atoms with Crippen LogP contribution in [0.1, 0.15) is 35.7 Å². The molecule has 0 bridgehead atoms. The van der Waals surface area contributed by atoms with Crippen LogP contribution >= 0.6 is 0 Å². The van der Waals surface area contributed by atoms with Crippen LogP contribution in [0.5, 0.6) is 0 Å². The molecule has 0 spiro atoms. The fourth-order valence-electron chi connectivity index (χ4n) is 3.86. The first-order chi connectivity index (χ1) is 11.7. The molecule has 4 nitrogen and oxygen atoms in total. The average molecular weight is 329 g/mol. The van der Waals surface area contributed by atoms with Crippen LogP contribution in [0.4, 0.5) is 0 Å². The second kappa shape index (κ2) is 7.68. The minimum atomic E-state index is 0.805. The molecule has 4 heteroatoms. The van der Waals surface area contributed by atoms with E-state index in [-0.39, 0.29) is 0 Å². The molecule has 1 aromatic carbocycles. The van der Waals surface area contributed by atoms with Gasteiger partial charge < -0.3 is 14.6 Å². The molecular weight excluding hydrogens is 298 g/mol. The third-order valence-electron chi connectivity index (χ3n) is 5.34. The van der Waals surface area contributed by atoms with Crippen LogP contribution < -0.4 is 5.32 Å². The van der Waals surface area contributed by atoms with Crippen LogP contribution in [0, 0.1) is 6.92 Å². The van der Waals surface area contributed by atoms with E-state index >= 15 is 0 Å². The molecule has 1 aromatic heterocycles. The molecule has 1 aliphatic rings. The van der Waals surface area contributed by atoms with Crippen molar-refractivity contribution in [2.75, 3.05) is 33.4 Å². The van der Waals surface area contributed by atoms with Crippen LogP contribution in [0.3, 0.4) is 0 Å². The maximum atomic E-state index is 5.51. The zero-order chi connectivity index (χ0) is 17.1. The quantitative estimate of drug-likeness (QED) is 0.755. The third-order valence-corrected chi connectivity index (χ3v) is 5.34. The Morgan fingerprint density at radius 2 is 1.96 bits per heavy atom. The van der Waals surface area contributed by atoms with Crippen molar-refractivity contribution >= 4 is 10.9 Å². The largest absolute Gasteiger partial charge is 0.380 e. The Hall–Kier alpha value is -1.36. The van der Waals surface area contributed by atoms with Gasteiger partial charge in [-0.3, -0.25) is 4.90 Å². The number of nitrogens with one attached hydrogen (secondary N) is 1. The van der Waals surface area contributed by atoms with E-state index in [4.69, 9.17) is 4.74 Å². The van der Waals surface area contributed by atoms with E-state index in [1.165, 1.54) is 39.7 Å². The number of aryl methyl sites for hydroxylation is 2. The Morgan fingerprint density at radius 1 is 1.21 bits per heavy atom. The number of hydrogen-bond donors (Lipinski definition) is 1. The van der Waals surface area contributed by atoms with E-state index in [0.717, 1.165) is 45.8 Å². The lowest BCUT2D eigenvalue weighted by atomic mass is 10.0. The molecule has 1 aliphatic heterocycles. The minimum Gasteiger partial charge on any atom is -0.380 e. The zero-order valence-electron chi connectivity index (χ0n) is 15.6. The van der Waals surface area contributed by atoms with Crippen molar-refractivity contribution in [2.24, 2.45) is 7.05 Å². The molecule has 0 atom stereocenters. The van der Waals surface area contributed by atoms with Gasteiger partial charge in [-0.15, -0.1) is 0 Å². The molecule has 0 aliphatic carbocycles. The summed E-state index contributed by atoms with van der Waals surface area (Å²) in [5.74, 6) is 0. The molecule has 2 aromatic rings. The Kier molecular flexibility index (Phi) is 5.59. The molecule has 3 rings (SSSR count). The number of hydrogen-bond acceptors (Lipinski definition) is 3. The lowest BCUT2D eigenvalue weighted by Gasteiger charge is -2.13. The van der Waals surface area contributed by atoms with Gasteiger partial charge in [0.25, 0.3) is 0 Å². The molecule has 2 heterocycles. The lowest BCUT2D eigenvalue weighted by molar-refractivity contribution is 0.113. The summed E-state index contributed by atoms with van der Waals surface area (Å²) in [4.78, 5) is 2.49. The molecule has 0 amide bonds. The van der Waals surface area contributed by atoms with Gasteiger partial charge in [0.05, 0.1) is 6.61 Å². The summed E-state index contributed by atoms with van der Waals surface area (Å²) in [6.45, 7) is 10.2. The van der Waals surface area contributed by atoms with Crippen molar-refractivity contribution in [1.29, 1.82) is 0 Å². The van der Waals surface area contributed by atoms with E-state index in [1.807, 2.05) is 7.05 Å². The van der Waals surface area contributed by atoms with E-state index in [2.05, 4.69) is 47.8 Å². The minimum absolute atomic E-state index is 0.805. The van der Waals surface area contributed by atoms with Gasteiger partial charge in [-0.05, 0) is 69.1 Å². The van der Waals surface area contributed by atoms with Crippen LogP contribution in [0.25, 0.3) is 10.9 Å². The van der Waals surface area contributed by atoms with Gasteiger partial charge in [0.2, 0.25) is 0 Å². The fraction of sp³-hybridized carbons (Fsp3) is 0.600. The van der Waals surface area contributed by atoms with E-state index in [1.54, 1.807) is 0 Å². The first-order valence-electron chi connectivity index (χ1n) is 9.20. The average Bonchev–Trinajstić information content (AvgIpc) is 3.07. The number of rotatable bonds is 8. The van der Waals surface area contributed by atoms with Crippen molar-refractivity contribution < 1.29 is 4.74 Å². The second-order valence-electron chi connectivity index (χ2n) is 6.88. The normalized spacial score (nSPS) is 14.7. The summed E-state index contributed by atoms with van der Waals surface area (Å²) in [6, 6.07) is 4.87. The monoisotopic (exact) mass is 329 g/mol.